The van der Waals surface area contributed by atoms with Crippen LogP contribution in [0.25, 0.3) is 22.1 Å². The molecular formula is C23H22O6. The van der Waals surface area contributed by atoms with Gasteiger partial charge in [0, 0.05) is 18.9 Å². The van der Waals surface area contributed by atoms with Gasteiger partial charge in [0.1, 0.15) is 17.6 Å². The lowest BCUT2D eigenvalue weighted by atomic mass is 10.0. The third-order valence-corrected chi connectivity index (χ3v) is 4.91. The van der Waals surface area contributed by atoms with Crippen LogP contribution in [0, 0.1) is 0 Å². The minimum absolute atomic E-state index is 0.149. The minimum Gasteiger partial charge on any atom is -0.490 e. The number of hydrogen-bond donors (Lipinski definition) is 0. The number of fused-ring (bicyclic) bond motifs is 2. The van der Waals surface area contributed by atoms with Crippen LogP contribution in [0.3, 0.4) is 0 Å². The summed E-state index contributed by atoms with van der Waals surface area (Å²) in [6, 6.07) is 8.79. The van der Waals surface area contributed by atoms with E-state index in [-0.39, 0.29) is 17.8 Å². The van der Waals surface area contributed by atoms with Crippen molar-refractivity contribution in [1.82, 2.24) is 0 Å². The number of benzene rings is 2. The van der Waals surface area contributed by atoms with Crippen molar-refractivity contribution in [3.8, 4) is 28.4 Å². The Bertz CT molecular complexity index is 1130. The molecule has 1 aliphatic rings. The Morgan fingerprint density at radius 2 is 1.86 bits per heavy atom. The Morgan fingerprint density at radius 1 is 1.07 bits per heavy atom. The fraction of sp³-hybridized carbons (Fsp3) is 0.304. The smallest absolute Gasteiger partial charge is 0.310 e. The molecule has 150 valence electrons. The standard InChI is InChI=1S/C23H22O6/c1-3-14-10-16-20(12-19(14)29-22(24)4-2)28-13-17(23(16)25)15-6-7-18-21(11-15)27-9-5-8-26-18/h6-7,10-13H,3-5,8-9H2,1-2H3. The zero-order chi connectivity index (χ0) is 20.4. The summed E-state index contributed by atoms with van der Waals surface area (Å²) in [6.07, 6.45) is 3.14. The van der Waals surface area contributed by atoms with Crippen LogP contribution in [0.15, 0.2) is 45.8 Å². The largest absolute Gasteiger partial charge is 0.490 e. The van der Waals surface area contributed by atoms with E-state index in [0.717, 1.165) is 12.0 Å². The van der Waals surface area contributed by atoms with Crippen molar-refractivity contribution in [3.63, 3.8) is 0 Å². The molecule has 0 amide bonds. The molecule has 2 heterocycles. The second-order valence-electron chi connectivity index (χ2n) is 6.83. The lowest BCUT2D eigenvalue weighted by molar-refractivity contribution is -0.134. The molecule has 0 saturated heterocycles. The number of carbonyl (C=O) groups is 1. The lowest BCUT2D eigenvalue weighted by Gasteiger charge is -2.11. The highest BCUT2D eigenvalue weighted by Gasteiger charge is 2.17. The van der Waals surface area contributed by atoms with E-state index < -0.39 is 0 Å². The fourth-order valence-corrected chi connectivity index (χ4v) is 3.30. The third kappa shape index (κ3) is 3.70. The van der Waals surface area contributed by atoms with Crippen molar-refractivity contribution in [2.45, 2.75) is 33.1 Å². The Kier molecular flexibility index (Phi) is 5.25. The SMILES string of the molecule is CCC(=O)Oc1cc2occ(-c3ccc4c(c3)OCCCO4)c(=O)c2cc1CC. The zero-order valence-corrected chi connectivity index (χ0v) is 16.4. The molecule has 6 nitrogen and oxygen atoms in total. The zero-order valence-electron chi connectivity index (χ0n) is 16.4. The summed E-state index contributed by atoms with van der Waals surface area (Å²) in [5.41, 5.74) is 2.15. The molecule has 0 bridgehead atoms. The van der Waals surface area contributed by atoms with E-state index in [2.05, 4.69) is 0 Å². The van der Waals surface area contributed by atoms with E-state index in [4.69, 9.17) is 18.6 Å². The van der Waals surface area contributed by atoms with Gasteiger partial charge in [0.05, 0.1) is 24.2 Å². The van der Waals surface area contributed by atoms with Crippen LogP contribution in [0.4, 0.5) is 0 Å². The molecule has 0 radical (unpaired) electrons. The molecule has 1 aromatic heterocycles. The molecule has 0 saturated carbocycles. The molecule has 0 aliphatic carbocycles. The Balaban J connectivity index is 1.80. The number of ether oxygens (including phenoxy) is 3. The van der Waals surface area contributed by atoms with Gasteiger partial charge in [-0.05, 0) is 35.7 Å². The molecule has 1 aliphatic heterocycles. The molecule has 3 aromatic rings. The maximum absolute atomic E-state index is 13.2. The van der Waals surface area contributed by atoms with Gasteiger partial charge in [-0.25, -0.2) is 0 Å². The summed E-state index contributed by atoms with van der Waals surface area (Å²) in [5, 5.41) is 0.447. The number of aryl methyl sites for hydroxylation is 1. The topological polar surface area (TPSA) is 75.0 Å². The average Bonchev–Trinajstić information content (AvgIpc) is 2.98. The quantitative estimate of drug-likeness (QED) is 0.479. The summed E-state index contributed by atoms with van der Waals surface area (Å²) in [7, 11) is 0. The van der Waals surface area contributed by atoms with E-state index in [1.807, 2.05) is 19.1 Å². The molecule has 0 spiro atoms. The monoisotopic (exact) mass is 394 g/mol. The first kappa shape index (κ1) is 19.1. The highest BCUT2D eigenvalue weighted by molar-refractivity contribution is 5.85. The lowest BCUT2D eigenvalue weighted by Crippen LogP contribution is -2.09. The predicted molar refractivity (Wildman–Crippen MR) is 109 cm³/mol. The van der Waals surface area contributed by atoms with Gasteiger partial charge in [0.15, 0.2) is 11.5 Å². The summed E-state index contributed by atoms with van der Waals surface area (Å²) in [4.78, 5) is 24.9. The van der Waals surface area contributed by atoms with E-state index in [1.54, 1.807) is 25.1 Å². The van der Waals surface area contributed by atoms with Crippen molar-refractivity contribution in [3.05, 3.63) is 52.4 Å². The third-order valence-electron chi connectivity index (χ3n) is 4.91. The molecule has 0 unspecified atom stereocenters. The highest BCUT2D eigenvalue weighted by Crippen LogP contribution is 2.34. The van der Waals surface area contributed by atoms with Crippen LogP contribution in [0.2, 0.25) is 0 Å². The van der Waals surface area contributed by atoms with Gasteiger partial charge in [-0.1, -0.05) is 19.9 Å². The Labute approximate surface area is 168 Å². The average molecular weight is 394 g/mol. The van der Waals surface area contributed by atoms with Crippen LogP contribution in [0.1, 0.15) is 32.3 Å². The summed E-state index contributed by atoms with van der Waals surface area (Å²) in [5.74, 6) is 1.39. The molecule has 4 rings (SSSR count). The van der Waals surface area contributed by atoms with Crippen LogP contribution in [0.5, 0.6) is 17.2 Å². The molecular weight excluding hydrogens is 372 g/mol. The normalized spacial score (nSPS) is 13.2. The number of hydrogen-bond acceptors (Lipinski definition) is 6. The molecule has 0 atom stereocenters. The first-order valence-corrected chi connectivity index (χ1v) is 9.79. The van der Waals surface area contributed by atoms with Gasteiger partial charge >= 0.3 is 5.97 Å². The number of rotatable bonds is 4. The van der Waals surface area contributed by atoms with Crippen LogP contribution >= 0.6 is 0 Å². The molecule has 2 aromatic carbocycles. The van der Waals surface area contributed by atoms with Crippen molar-refractivity contribution in [2.75, 3.05) is 13.2 Å². The first-order chi connectivity index (χ1) is 14.1. The second kappa shape index (κ2) is 7.99. The Hall–Kier alpha value is -3.28. The maximum Gasteiger partial charge on any atom is 0.310 e. The summed E-state index contributed by atoms with van der Waals surface area (Å²) >= 11 is 0. The van der Waals surface area contributed by atoms with Gasteiger partial charge in [-0.2, -0.15) is 0 Å². The number of esters is 1. The maximum atomic E-state index is 13.2. The first-order valence-electron chi connectivity index (χ1n) is 9.79. The predicted octanol–water partition coefficient (Wildman–Crippen LogP) is 4.50. The summed E-state index contributed by atoms with van der Waals surface area (Å²) < 4.78 is 22.5. The van der Waals surface area contributed by atoms with E-state index in [0.29, 0.717) is 59.0 Å². The van der Waals surface area contributed by atoms with Crippen LogP contribution < -0.4 is 19.6 Å². The molecule has 0 N–H and O–H groups in total. The van der Waals surface area contributed by atoms with Gasteiger partial charge in [0.2, 0.25) is 5.43 Å². The molecule has 0 fully saturated rings. The van der Waals surface area contributed by atoms with Gasteiger partial charge < -0.3 is 18.6 Å². The Morgan fingerprint density at radius 3 is 2.62 bits per heavy atom. The fourth-order valence-electron chi connectivity index (χ4n) is 3.30. The van der Waals surface area contributed by atoms with E-state index in [1.165, 1.54) is 6.26 Å². The van der Waals surface area contributed by atoms with Gasteiger partial charge in [0.25, 0.3) is 0 Å². The van der Waals surface area contributed by atoms with Crippen LogP contribution in [-0.4, -0.2) is 19.2 Å². The van der Waals surface area contributed by atoms with Crippen LogP contribution in [-0.2, 0) is 11.2 Å². The van der Waals surface area contributed by atoms with Crippen molar-refractivity contribution in [1.29, 1.82) is 0 Å². The highest BCUT2D eigenvalue weighted by atomic mass is 16.5. The number of carbonyl (C=O) groups excluding carboxylic acids is 1. The minimum atomic E-state index is -0.329. The van der Waals surface area contributed by atoms with E-state index >= 15 is 0 Å². The molecule has 6 heteroatoms. The van der Waals surface area contributed by atoms with Gasteiger partial charge in [-0.15, -0.1) is 0 Å². The second-order valence-corrected chi connectivity index (χ2v) is 6.83. The summed E-state index contributed by atoms with van der Waals surface area (Å²) in [6.45, 7) is 4.85. The van der Waals surface area contributed by atoms with Crippen molar-refractivity contribution >= 4 is 16.9 Å². The van der Waals surface area contributed by atoms with Gasteiger partial charge in [-0.3, -0.25) is 9.59 Å². The van der Waals surface area contributed by atoms with Crippen molar-refractivity contribution < 1.29 is 23.4 Å². The van der Waals surface area contributed by atoms with Crippen molar-refractivity contribution in [2.24, 2.45) is 0 Å². The van der Waals surface area contributed by atoms with E-state index in [9.17, 15) is 9.59 Å². The molecule has 29 heavy (non-hydrogen) atoms.